The van der Waals surface area contributed by atoms with Crippen LogP contribution in [0.5, 0.6) is 0 Å². The van der Waals surface area contributed by atoms with Crippen molar-refractivity contribution in [2.45, 2.75) is 0 Å². The molecular weight excluding hydrogens is 348 g/mol. The van der Waals surface area contributed by atoms with E-state index in [2.05, 4.69) is 37.7 Å². The normalized spacial score (nSPS) is 13.1. The van der Waals surface area contributed by atoms with E-state index >= 15 is 0 Å². The summed E-state index contributed by atoms with van der Waals surface area (Å²) < 4.78 is 9.28. The molecule has 1 atom stereocenters. The Morgan fingerprint density at radius 1 is 1.63 bits per heavy atom. The van der Waals surface area contributed by atoms with Gasteiger partial charge in [-0.05, 0) is 29.2 Å². The Morgan fingerprint density at radius 3 is 3.05 bits per heavy atom. The zero-order valence-electron chi connectivity index (χ0n) is 10.7. The highest BCUT2D eigenvalue weighted by atomic mass is 79.9. The molecule has 0 aliphatic rings. The highest BCUT2D eigenvalue weighted by Gasteiger charge is 2.09. The van der Waals surface area contributed by atoms with Gasteiger partial charge in [0.1, 0.15) is 4.70 Å². The van der Waals surface area contributed by atoms with Crippen molar-refractivity contribution >= 4 is 60.0 Å². The molecule has 19 heavy (non-hydrogen) atoms. The van der Waals surface area contributed by atoms with Crippen molar-refractivity contribution in [2.24, 2.45) is 0 Å². The first kappa shape index (κ1) is 14.8. The quantitative estimate of drug-likeness (QED) is 0.829. The summed E-state index contributed by atoms with van der Waals surface area (Å²) in [6.07, 6.45) is 2.06. The molecule has 7 heteroatoms. The van der Waals surface area contributed by atoms with Gasteiger partial charge in [0, 0.05) is 24.5 Å². The molecule has 1 N–H and O–H groups in total. The Labute approximate surface area is 126 Å². The average Bonchev–Trinajstić information content (AvgIpc) is 2.71. The SMILES string of the molecule is C=S(C)N(C)CCNc1cc(=O)c2scc(Br)c2o1. The monoisotopic (exact) mass is 362 g/mol. The van der Waals surface area contributed by atoms with E-state index in [0.717, 1.165) is 11.0 Å². The molecule has 0 spiro atoms. The number of anilines is 1. The molecule has 0 aromatic carbocycles. The highest BCUT2D eigenvalue weighted by Crippen LogP contribution is 2.29. The maximum atomic E-state index is 11.9. The van der Waals surface area contributed by atoms with E-state index in [4.69, 9.17) is 4.42 Å². The van der Waals surface area contributed by atoms with Crippen molar-refractivity contribution in [1.29, 1.82) is 0 Å². The van der Waals surface area contributed by atoms with Gasteiger partial charge in [-0.3, -0.25) is 9.10 Å². The third kappa shape index (κ3) is 3.47. The zero-order valence-corrected chi connectivity index (χ0v) is 14.0. The van der Waals surface area contributed by atoms with Gasteiger partial charge in [-0.15, -0.1) is 22.0 Å². The first-order chi connectivity index (χ1) is 8.99. The third-order valence-corrected chi connectivity index (χ3v) is 5.77. The summed E-state index contributed by atoms with van der Waals surface area (Å²) in [5.74, 6) is 4.48. The maximum absolute atomic E-state index is 11.9. The lowest BCUT2D eigenvalue weighted by Gasteiger charge is -2.17. The fraction of sp³-hybridized carbons (Fsp3) is 0.333. The van der Waals surface area contributed by atoms with Gasteiger partial charge >= 0.3 is 0 Å². The topological polar surface area (TPSA) is 45.5 Å². The van der Waals surface area contributed by atoms with E-state index in [-0.39, 0.29) is 16.1 Å². The fourth-order valence-electron chi connectivity index (χ4n) is 1.49. The maximum Gasteiger partial charge on any atom is 0.204 e. The summed E-state index contributed by atoms with van der Waals surface area (Å²) in [6.45, 7) is 1.55. The van der Waals surface area contributed by atoms with Crippen molar-refractivity contribution < 1.29 is 4.42 Å². The molecule has 0 bridgehead atoms. The van der Waals surface area contributed by atoms with Gasteiger partial charge in [0.05, 0.1) is 4.47 Å². The molecule has 0 aliphatic heterocycles. The van der Waals surface area contributed by atoms with Gasteiger partial charge in [0.2, 0.25) is 5.43 Å². The van der Waals surface area contributed by atoms with Gasteiger partial charge in [-0.2, -0.15) is 0 Å². The minimum Gasteiger partial charge on any atom is -0.438 e. The molecule has 104 valence electrons. The summed E-state index contributed by atoms with van der Waals surface area (Å²) in [7, 11) is 2.02. The van der Waals surface area contributed by atoms with Crippen LogP contribution in [-0.2, 0) is 0 Å². The molecule has 2 aromatic rings. The number of hydrogen-bond acceptors (Lipinski definition) is 5. The van der Waals surface area contributed by atoms with Crippen LogP contribution in [0.1, 0.15) is 0 Å². The van der Waals surface area contributed by atoms with Crippen molar-refractivity contribution in [2.75, 3.05) is 31.7 Å². The lowest BCUT2D eigenvalue weighted by Crippen LogP contribution is -2.20. The largest absolute Gasteiger partial charge is 0.438 e. The number of fused-ring (bicyclic) bond motifs is 1. The minimum absolute atomic E-state index is 0.00307. The zero-order chi connectivity index (χ0) is 14.0. The number of hydrogen-bond donors (Lipinski definition) is 1. The van der Waals surface area contributed by atoms with E-state index in [9.17, 15) is 4.79 Å². The predicted molar refractivity (Wildman–Crippen MR) is 89.8 cm³/mol. The Hall–Kier alpha value is -0.630. The second-order valence-electron chi connectivity index (χ2n) is 4.10. The summed E-state index contributed by atoms with van der Waals surface area (Å²) >= 11 is 4.77. The van der Waals surface area contributed by atoms with Gasteiger partial charge in [-0.1, -0.05) is 5.87 Å². The lowest BCUT2D eigenvalue weighted by atomic mass is 10.4. The second kappa shape index (κ2) is 6.21. The molecule has 0 radical (unpaired) electrons. The van der Waals surface area contributed by atoms with Crippen LogP contribution in [-0.4, -0.2) is 36.6 Å². The molecule has 0 saturated carbocycles. The Bertz CT molecular complexity index is 665. The third-order valence-electron chi connectivity index (χ3n) is 2.66. The number of rotatable bonds is 5. The Kier molecular flexibility index (Phi) is 4.83. The molecular formula is C12H15BrN2O2S2. The number of halogens is 1. The van der Waals surface area contributed by atoms with Gasteiger partial charge < -0.3 is 9.73 Å². The molecule has 2 aromatic heterocycles. The molecule has 1 unspecified atom stereocenters. The average molecular weight is 363 g/mol. The molecule has 0 fully saturated rings. The van der Waals surface area contributed by atoms with E-state index in [0.29, 0.717) is 22.7 Å². The summed E-state index contributed by atoms with van der Waals surface area (Å²) in [5.41, 5.74) is 0.598. The van der Waals surface area contributed by atoms with Crippen molar-refractivity contribution in [1.82, 2.24) is 4.31 Å². The van der Waals surface area contributed by atoms with E-state index in [1.54, 1.807) is 0 Å². The Balaban J connectivity index is 2.11. The first-order valence-electron chi connectivity index (χ1n) is 5.60. The number of nitrogens with zero attached hydrogens (tertiary/aromatic N) is 1. The fourth-order valence-corrected chi connectivity index (χ4v) is 3.35. The van der Waals surface area contributed by atoms with Crippen LogP contribution in [0, 0.1) is 0 Å². The van der Waals surface area contributed by atoms with Gasteiger partial charge in [0.25, 0.3) is 0 Å². The summed E-state index contributed by atoms with van der Waals surface area (Å²) in [6, 6.07) is 1.50. The first-order valence-corrected chi connectivity index (χ1v) is 9.04. The number of thiophene rings is 1. The van der Waals surface area contributed by atoms with E-state index in [1.807, 2.05) is 12.4 Å². The van der Waals surface area contributed by atoms with Crippen LogP contribution >= 0.6 is 37.9 Å². The van der Waals surface area contributed by atoms with Crippen LogP contribution in [0.15, 0.2) is 25.1 Å². The van der Waals surface area contributed by atoms with Crippen LogP contribution in [0.2, 0.25) is 0 Å². The predicted octanol–water partition coefficient (Wildman–Crippen LogP) is 3.21. The Morgan fingerprint density at radius 2 is 2.37 bits per heavy atom. The van der Waals surface area contributed by atoms with Crippen molar-refractivity contribution in [3.63, 3.8) is 0 Å². The van der Waals surface area contributed by atoms with Crippen LogP contribution in [0.3, 0.4) is 0 Å². The van der Waals surface area contributed by atoms with Gasteiger partial charge in [0.15, 0.2) is 11.5 Å². The molecule has 2 rings (SSSR count). The molecule has 0 aliphatic carbocycles. The smallest absolute Gasteiger partial charge is 0.204 e. The number of likely N-dealkylation sites (N-methyl/N-ethyl adjacent to an activating group) is 1. The number of nitrogens with one attached hydrogen (secondary N) is 1. The molecule has 0 amide bonds. The van der Waals surface area contributed by atoms with Gasteiger partial charge in [-0.25, -0.2) is 0 Å². The summed E-state index contributed by atoms with van der Waals surface area (Å²) in [5, 5.41) is 4.99. The highest BCUT2D eigenvalue weighted by molar-refractivity contribution is 9.10. The molecule has 2 heterocycles. The second-order valence-corrected chi connectivity index (χ2v) is 7.65. The lowest BCUT2D eigenvalue weighted by molar-refractivity contribution is 0.569. The molecule has 0 saturated heterocycles. The van der Waals surface area contributed by atoms with Crippen LogP contribution in [0.4, 0.5) is 5.88 Å². The van der Waals surface area contributed by atoms with Crippen molar-refractivity contribution in [3.8, 4) is 0 Å². The summed E-state index contributed by atoms with van der Waals surface area (Å²) in [4.78, 5) is 11.9. The standard InChI is InChI=1S/C12H15BrN2O2S2/c1-15(19(2)3)5-4-14-10-6-9(16)12-11(17-10)8(13)7-18-12/h6-7,14H,2,4-5H2,1,3H3. The minimum atomic E-state index is -0.0137. The van der Waals surface area contributed by atoms with E-state index < -0.39 is 0 Å². The van der Waals surface area contributed by atoms with Crippen LogP contribution in [0.25, 0.3) is 10.3 Å². The van der Waals surface area contributed by atoms with E-state index in [1.165, 1.54) is 17.4 Å². The van der Waals surface area contributed by atoms with Crippen molar-refractivity contribution in [3.05, 3.63) is 26.1 Å². The molecule has 4 nitrogen and oxygen atoms in total. The van der Waals surface area contributed by atoms with Crippen LogP contribution < -0.4 is 10.7 Å².